The molecule has 1 aliphatic heterocycles. The summed E-state index contributed by atoms with van der Waals surface area (Å²) < 4.78 is 2.39. The Labute approximate surface area is 390 Å². The second kappa shape index (κ2) is 15.5. The molecule has 13 rings (SSSR count). The number of rotatable bonds is 8. The number of benzene rings is 10. The van der Waals surface area contributed by atoms with Crippen LogP contribution in [0, 0.1) is 0 Å². The van der Waals surface area contributed by atoms with Gasteiger partial charge < -0.3 is 19.3 Å². The smallest absolute Gasteiger partial charge is 0.0717 e. The molecule has 11 aromatic rings. The molecule has 0 radical (unpaired) electrons. The lowest BCUT2D eigenvalue weighted by Crippen LogP contribution is -2.41. The Balaban J connectivity index is 1.05. The molecule has 0 N–H and O–H groups in total. The molecule has 0 saturated heterocycles. The monoisotopic (exact) mass is 858 g/mol. The van der Waals surface area contributed by atoms with Gasteiger partial charge >= 0.3 is 0 Å². The Morgan fingerprint density at radius 1 is 0.403 bits per heavy atom. The molecule has 318 valence electrons. The van der Waals surface area contributed by atoms with E-state index in [0.29, 0.717) is 0 Å². The number of nitrogens with zero attached hydrogens (tertiary/aromatic N) is 4. The quantitative estimate of drug-likeness (QED) is 0.112. The number of hydrogen-bond acceptors (Lipinski definition) is 3. The fraction of sp³-hybridized carbons (Fsp3) is 0.0476. The van der Waals surface area contributed by atoms with Crippen LogP contribution in [-0.4, -0.2) is 10.1 Å². The van der Waals surface area contributed by atoms with Gasteiger partial charge in [0.2, 0.25) is 0 Å². The molecule has 0 fully saturated rings. The molecule has 0 amide bonds. The van der Waals surface area contributed by atoms with Crippen LogP contribution in [0.1, 0.15) is 18.9 Å². The largest absolute Gasteiger partial charge is 0.331 e. The molecular weight excluding hydrogens is 813 g/mol. The van der Waals surface area contributed by atoms with Gasteiger partial charge in [0.25, 0.3) is 0 Å². The third-order valence-corrected chi connectivity index (χ3v) is 14.1. The Hall–Kier alpha value is -8.60. The van der Waals surface area contributed by atoms with Crippen LogP contribution in [0.25, 0.3) is 54.6 Å². The third kappa shape index (κ3) is 6.07. The van der Waals surface area contributed by atoms with Gasteiger partial charge in [-0.1, -0.05) is 164 Å². The predicted octanol–water partition coefficient (Wildman–Crippen LogP) is 17.0. The number of allylic oxidation sites excluding steroid dienone is 1. The number of aromatic nitrogens is 1. The summed E-state index contributed by atoms with van der Waals surface area (Å²) in [6.07, 6.45) is 5.76. The summed E-state index contributed by atoms with van der Waals surface area (Å²) in [5, 5.41) is 7.12. The molecule has 0 spiro atoms. The van der Waals surface area contributed by atoms with Crippen LogP contribution in [0.3, 0.4) is 0 Å². The molecular formula is C63H46N4. The molecule has 10 aromatic carbocycles. The topological polar surface area (TPSA) is 14.7 Å². The van der Waals surface area contributed by atoms with E-state index in [1.54, 1.807) is 0 Å². The van der Waals surface area contributed by atoms with Crippen molar-refractivity contribution in [3.05, 3.63) is 260 Å². The van der Waals surface area contributed by atoms with E-state index in [2.05, 4.69) is 275 Å². The third-order valence-electron chi connectivity index (χ3n) is 14.1. The zero-order valence-electron chi connectivity index (χ0n) is 37.2. The van der Waals surface area contributed by atoms with Crippen LogP contribution in [0.5, 0.6) is 0 Å². The molecule has 1 aliphatic carbocycles. The van der Waals surface area contributed by atoms with Crippen LogP contribution in [0.15, 0.2) is 254 Å². The Kier molecular flexibility index (Phi) is 9.00. The molecule has 67 heavy (non-hydrogen) atoms. The van der Waals surface area contributed by atoms with Crippen molar-refractivity contribution in [1.29, 1.82) is 0 Å². The Morgan fingerprint density at radius 2 is 0.881 bits per heavy atom. The average Bonchev–Trinajstić information content (AvgIpc) is 3.86. The van der Waals surface area contributed by atoms with Gasteiger partial charge in [-0.3, -0.25) is 0 Å². The maximum absolute atomic E-state index is 2.54. The molecule has 1 atom stereocenters. The highest BCUT2D eigenvalue weighted by Crippen LogP contribution is 2.56. The molecule has 2 heterocycles. The van der Waals surface area contributed by atoms with Crippen molar-refractivity contribution >= 4 is 88.7 Å². The van der Waals surface area contributed by atoms with E-state index in [4.69, 9.17) is 0 Å². The van der Waals surface area contributed by atoms with Gasteiger partial charge in [0, 0.05) is 77.7 Å². The molecule has 2 aliphatic rings. The fourth-order valence-electron chi connectivity index (χ4n) is 11.2. The summed E-state index contributed by atoms with van der Waals surface area (Å²) in [6, 6.07) is 86.1. The van der Waals surface area contributed by atoms with Gasteiger partial charge in [-0.2, -0.15) is 0 Å². The lowest BCUT2D eigenvalue weighted by atomic mass is 9.82. The highest BCUT2D eigenvalue weighted by molar-refractivity contribution is 6.23. The summed E-state index contributed by atoms with van der Waals surface area (Å²) in [5.74, 6) is 0. The fourth-order valence-corrected chi connectivity index (χ4v) is 11.2. The Bertz CT molecular complexity index is 3680. The first kappa shape index (κ1) is 38.8. The number of fused-ring (bicyclic) bond motifs is 8. The maximum Gasteiger partial charge on any atom is 0.0717 e. The zero-order valence-corrected chi connectivity index (χ0v) is 37.2. The first-order chi connectivity index (χ1) is 33.2. The molecule has 4 heteroatoms. The van der Waals surface area contributed by atoms with E-state index in [-0.39, 0.29) is 5.54 Å². The summed E-state index contributed by atoms with van der Waals surface area (Å²) >= 11 is 0. The first-order valence-electron chi connectivity index (χ1n) is 23.3. The second-order valence-corrected chi connectivity index (χ2v) is 17.9. The van der Waals surface area contributed by atoms with E-state index < -0.39 is 0 Å². The summed E-state index contributed by atoms with van der Waals surface area (Å²) in [7, 11) is 0. The van der Waals surface area contributed by atoms with Gasteiger partial charge in [-0.05, 0) is 104 Å². The standard InChI is InChI=1S/C63H46N4/c1-63-41-40-49(43-57(63)55-35-19-21-37-60(55)67(63)47-28-12-5-13-29-47)65(45-24-8-3-9-25-45)62-53-33-16-14-31-51(53)61(52-32-15-17-34-54(52)62)64(44-22-6-2-7-23-44)48-38-39-59-56(42-48)50-30-18-20-36-58(50)66(59)46-26-10-4-11-27-46/h2-40,42-43H,41H2,1H3. The van der Waals surface area contributed by atoms with Crippen molar-refractivity contribution in [1.82, 2.24) is 4.57 Å². The second-order valence-electron chi connectivity index (χ2n) is 17.9. The minimum absolute atomic E-state index is 0.268. The van der Waals surface area contributed by atoms with Crippen LogP contribution in [-0.2, 0) is 0 Å². The lowest BCUT2D eigenvalue weighted by Gasteiger charge is -2.41. The van der Waals surface area contributed by atoms with E-state index in [9.17, 15) is 0 Å². The van der Waals surface area contributed by atoms with E-state index in [1.807, 2.05) is 0 Å². The summed E-state index contributed by atoms with van der Waals surface area (Å²) in [4.78, 5) is 7.55. The van der Waals surface area contributed by atoms with Gasteiger partial charge in [0.15, 0.2) is 0 Å². The van der Waals surface area contributed by atoms with Crippen molar-refractivity contribution in [2.75, 3.05) is 14.7 Å². The lowest BCUT2D eigenvalue weighted by molar-refractivity contribution is 0.603. The van der Waals surface area contributed by atoms with Crippen molar-refractivity contribution in [3.8, 4) is 5.69 Å². The van der Waals surface area contributed by atoms with Crippen molar-refractivity contribution in [2.24, 2.45) is 0 Å². The minimum Gasteiger partial charge on any atom is -0.331 e. The van der Waals surface area contributed by atoms with E-state index in [0.717, 1.165) is 46.2 Å². The number of hydrogen-bond donors (Lipinski definition) is 0. The number of anilines is 7. The van der Waals surface area contributed by atoms with Gasteiger partial charge in [0.1, 0.15) is 0 Å². The van der Waals surface area contributed by atoms with E-state index in [1.165, 1.54) is 65.9 Å². The average molecular weight is 859 g/mol. The predicted molar refractivity (Wildman–Crippen MR) is 283 cm³/mol. The van der Waals surface area contributed by atoms with Crippen LogP contribution in [0.4, 0.5) is 39.8 Å². The van der Waals surface area contributed by atoms with Gasteiger partial charge in [-0.15, -0.1) is 0 Å². The van der Waals surface area contributed by atoms with Crippen LogP contribution in [0.2, 0.25) is 0 Å². The van der Waals surface area contributed by atoms with E-state index >= 15 is 0 Å². The first-order valence-corrected chi connectivity index (χ1v) is 23.3. The van der Waals surface area contributed by atoms with Crippen LogP contribution < -0.4 is 14.7 Å². The number of para-hydroxylation sites is 6. The summed E-state index contributed by atoms with van der Waals surface area (Å²) in [6.45, 7) is 2.40. The summed E-state index contributed by atoms with van der Waals surface area (Å²) in [5.41, 5.74) is 15.1. The molecule has 0 bridgehead atoms. The minimum atomic E-state index is -0.268. The molecule has 0 saturated carbocycles. The molecule has 1 unspecified atom stereocenters. The van der Waals surface area contributed by atoms with Gasteiger partial charge in [0.05, 0.1) is 27.9 Å². The zero-order chi connectivity index (χ0) is 44.5. The van der Waals surface area contributed by atoms with Crippen molar-refractivity contribution < 1.29 is 0 Å². The Morgan fingerprint density at radius 3 is 1.51 bits per heavy atom. The van der Waals surface area contributed by atoms with Crippen molar-refractivity contribution in [2.45, 2.75) is 18.9 Å². The van der Waals surface area contributed by atoms with Crippen molar-refractivity contribution in [3.63, 3.8) is 0 Å². The maximum atomic E-state index is 2.54. The van der Waals surface area contributed by atoms with Crippen LogP contribution >= 0.6 is 0 Å². The SMILES string of the molecule is CC12CC=C(N(c3ccccc3)c3c4ccccc4c(N(c4ccccc4)c4ccc5c(c4)c4ccccc4n5-c4ccccc4)c4ccccc34)C=C1c1ccccc1N2c1ccccc1. The highest BCUT2D eigenvalue weighted by Gasteiger charge is 2.46. The molecule has 4 nitrogen and oxygen atoms in total. The normalized spacial score (nSPS) is 15.4. The van der Waals surface area contributed by atoms with Gasteiger partial charge in [-0.25, -0.2) is 0 Å². The molecule has 1 aromatic heterocycles. The highest BCUT2D eigenvalue weighted by atomic mass is 15.2.